The first kappa shape index (κ1) is 91.0. The number of carbonyl (C=O) groups is 2. The molecule has 0 saturated carbocycles. The third-order valence-corrected chi connectivity index (χ3v) is 26.0. The summed E-state index contributed by atoms with van der Waals surface area (Å²) in [6.07, 6.45) is 0.543. The first-order valence-corrected chi connectivity index (χ1v) is 47.8. The monoisotopic (exact) mass is 2710 g/mol. The van der Waals surface area contributed by atoms with E-state index in [4.69, 9.17) is 4.74 Å². The summed E-state index contributed by atoms with van der Waals surface area (Å²) in [4.78, 5) is 39.3. The van der Waals surface area contributed by atoms with Crippen LogP contribution in [0.25, 0.3) is 0 Å². The van der Waals surface area contributed by atoms with Crippen molar-refractivity contribution < 1.29 is 29.6 Å². The number of aromatic hydroxyl groups is 1. The third-order valence-electron chi connectivity index (χ3n) is 18.0. The van der Waals surface area contributed by atoms with E-state index in [1.807, 2.05) is 86.6 Å². The van der Waals surface area contributed by atoms with Crippen molar-refractivity contribution >= 4 is 269 Å². The van der Waals surface area contributed by atoms with E-state index in [2.05, 4.69) is 452 Å². The molecule has 11 nitrogen and oxygen atoms in total. The fraction of sp³-hybridized carbons (Fsp3) is 0.233. The minimum absolute atomic E-state index is 0.00352. The Morgan fingerprint density at radius 2 is 0.780 bits per heavy atom. The van der Waals surface area contributed by atoms with Crippen molar-refractivity contribution in [3.63, 3.8) is 0 Å². The summed E-state index contributed by atoms with van der Waals surface area (Å²) in [7, 11) is 0. The number of halogens is 12. The lowest BCUT2D eigenvalue weighted by Gasteiger charge is -2.41. The molecule has 1 fully saturated rings. The van der Waals surface area contributed by atoms with Gasteiger partial charge >= 0.3 is 0 Å². The maximum atomic E-state index is 13.1. The second-order valence-corrected chi connectivity index (χ2v) is 40.2. The van der Waals surface area contributed by atoms with Gasteiger partial charge in [-0.25, -0.2) is 0 Å². The summed E-state index contributed by atoms with van der Waals surface area (Å²) < 4.78 is 18.9. The van der Waals surface area contributed by atoms with Gasteiger partial charge in [-0.05, 0) is 417 Å². The van der Waals surface area contributed by atoms with Gasteiger partial charge in [-0.1, -0.05) is 167 Å². The SMILES string of the molecule is CC(C)N1CC(C(c2cccc(I)c2)c2cccc(I)c2)n2ncc(=O)c(O)c2C1=O.CC(C)NCC(O)C(c1cccc(I)c1)c1cccc(I)c1.Ic1cccc(C(c2cccc(I)c2)C2CO2)c1.O=C(CBr)C(c1cccc(I)c1)c1cccc(I)c1.OC(CBr)C(c1cccc(I)c1)c1cccc(I)c1. The number of Topliss-reactive ketones (excluding diaryl/α,β-unsaturated/α-hetero) is 1. The number of ether oxygens (including phenoxy) is 1. The summed E-state index contributed by atoms with van der Waals surface area (Å²) in [5, 5.41) is 40.2. The summed E-state index contributed by atoms with van der Waals surface area (Å²) in [6, 6.07) is 83.6. The zero-order valence-electron chi connectivity index (χ0n) is 59.4. The number of aliphatic hydroxyl groups is 2. The summed E-state index contributed by atoms with van der Waals surface area (Å²) >= 11 is 29.8. The van der Waals surface area contributed by atoms with E-state index < -0.39 is 23.4 Å². The molecule has 3 heterocycles. The van der Waals surface area contributed by atoms with Crippen LogP contribution in [0.1, 0.15) is 129 Å². The largest absolute Gasteiger partial charge is 0.502 e. The van der Waals surface area contributed by atoms with Crippen molar-refractivity contribution in [1.29, 1.82) is 0 Å². The third kappa shape index (κ3) is 26.8. The number of nitrogens with zero attached hydrogens (tertiary/aromatic N) is 3. The maximum Gasteiger partial charge on any atom is 0.276 e. The van der Waals surface area contributed by atoms with Crippen LogP contribution in [0.2, 0.25) is 0 Å². The van der Waals surface area contributed by atoms with Crippen molar-refractivity contribution in [1.82, 2.24) is 20.0 Å². The molecule has 109 heavy (non-hydrogen) atoms. The highest BCUT2D eigenvalue weighted by molar-refractivity contribution is 14.1. The first-order chi connectivity index (χ1) is 52.2. The average Bonchev–Trinajstić information content (AvgIpc) is 1.47. The van der Waals surface area contributed by atoms with Gasteiger partial charge in [0.2, 0.25) is 5.43 Å². The predicted octanol–water partition coefficient (Wildman–Crippen LogP) is 23.0. The van der Waals surface area contributed by atoms with Crippen LogP contribution >= 0.6 is 258 Å². The number of fused-ring (bicyclic) bond motifs is 1. The molecular formula is C86H78Br2I10N4O7. The maximum absolute atomic E-state index is 13.1. The van der Waals surface area contributed by atoms with E-state index in [9.17, 15) is 29.7 Å². The molecule has 1 aromatic heterocycles. The zero-order chi connectivity index (χ0) is 78.6. The van der Waals surface area contributed by atoms with Gasteiger partial charge in [0.25, 0.3) is 5.91 Å². The number of benzene rings is 10. The lowest BCUT2D eigenvalue weighted by molar-refractivity contribution is -0.117. The smallest absolute Gasteiger partial charge is 0.276 e. The molecule has 0 radical (unpaired) electrons. The van der Waals surface area contributed by atoms with Crippen LogP contribution in [0.4, 0.5) is 0 Å². The van der Waals surface area contributed by atoms with Crippen LogP contribution in [-0.2, 0) is 9.53 Å². The number of alkyl halides is 2. The molecule has 1 amide bonds. The highest BCUT2D eigenvalue weighted by atomic mass is 127. The first-order valence-electron chi connectivity index (χ1n) is 34.7. The van der Waals surface area contributed by atoms with Crippen LogP contribution in [0.3, 0.4) is 0 Å². The zero-order valence-corrected chi connectivity index (χ0v) is 84.2. The number of rotatable bonds is 21. The lowest BCUT2D eigenvalue weighted by Crippen LogP contribution is -2.49. The number of ketones is 1. The van der Waals surface area contributed by atoms with Crippen molar-refractivity contribution in [3.05, 3.63) is 356 Å². The summed E-state index contributed by atoms with van der Waals surface area (Å²) in [5.41, 5.74) is 10.9. The second-order valence-electron chi connectivity index (χ2n) is 26.5. The molecule has 11 aromatic rings. The van der Waals surface area contributed by atoms with E-state index in [0.717, 1.165) is 71.6 Å². The van der Waals surface area contributed by atoms with Gasteiger partial charge in [0.05, 0.1) is 48.4 Å². The van der Waals surface area contributed by atoms with E-state index in [1.54, 1.807) is 9.58 Å². The topological polar surface area (TPSA) is 158 Å². The average molecular weight is 2710 g/mol. The molecular weight excluding hydrogens is 2630 g/mol. The standard InChI is InChI=1S/C23H21I2N3O3.C18H21I2NO.C15H13BrI2O.C15H11BrI2O.C15H12I2O/c1-13(2)27-12-18(28-21(23(27)31)22(30)19(29)11-26-28)20(14-5-3-7-16(24)9-14)15-6-4-8-17(25)10-15;1-12(2)21-11-17(22)18(13-5-3-7-15(19)9-13)14-6-4-8-16(20)10-14;2*16-9-14(19)15(10-3-1-5-12(17)7-10)11-4-2-6-13(18)8-11;16-12-5-1-3-10(7-12)15(14-9-18-14)11-4-2-6-13(17)8-11/h3-11,13,18,20,30H,12H2,1-2H3;3-10,12,17-18,21-22H,11H2,1-2H3;1-8,14-15,19H,9H2;1-8,15H,9H2;1-8,14-15H,9H2. The Balaban J connectivity index is 0.000000160. The number of aliphatic hydroxyl groups excluding tert-OH is 2. The Bertz CT molecular complexity index is 4710. The van der Waals surface area contributed by atoms with E-state index in [-0.39, 0.29) is 53.1 Å². The number of aromatic nitrogens is 2. The molecule has 1 saturated heterocycles. The van der Waals surface area contributed by atoms with Gasteiger partial charge in [-0.2, -0.15) is 5.10 Å². The summed E-state index contributed by atoms with van der Waals surface area (Å²) in [5.74, 6) is -0.703. The number of carbonyl (C=O) groups excluding carboxylic acids is 2. The molecule has 23 heteroatoms. The van der Waals surface area contributed by atoms with Crippen molar-refractivity contribution in [2.45, 2.75) is 93.7 Å². The fourth-order valence-electron chi connectivity index (χ4n) is 13.1. The molecule has 568 valence electrons. The van der Waals surface area contributed by atoms with Crippen LogP contribution in [-0.4, -0.2) is 102 Å². The van der Waals surface area contributed by atoms with Gasteiger partial charge < -0.3 is 30.3 Å². The van der Waals surface area contributed by atoms with Crippen LogP contribution in [0, 0.1) is 35.7 Å². The van der Waals surface area contributed by atoms with Crippen molar-refractivity contribution in [2.24, 2.45) is 0 Å². The van der Waals surface area contributed by atoms with Gasteiger partial charge in [-0.3, -0.25) is 19.1 Å². The Morgan fingerprint density at radius 1 is 0.477 bits per heavy atom. The van der Waals surface area contributed by atoms with Crippen molar-refractivity contribution in [3.8, 4) is 5.75 Å². The predicted molar refractivity (Wildman–Crippen MR) is 534 cm³/mol. The Hall–Kier alpha value is -1.88. The van der Waals surface area contributed by atoms with Crippen LogP contribution in [0.5, 0.6) is 5.75 Å². The Morgan fingerprint density at radius 3 is 1.08 bits per heavy atom. The number of nitrogens with one attached hydrogen (secondary N) is 1. The number of amides is 1. The van der Waals surface area contributed by atoms with Crippen LogP contribution in [0.15, 0.2) is 254 Å². The van der Waals surface area contributed by atoms with Gasteiger partial charge in [-0.15, -0.1) is 0 Å². The molecule has 4 unspecified atom stereocenters. The molecule has 4 atom stereocenters. The second kappa shape index (κ2) is 45.2. The molecule has 4 N–H and O–H groups in total. The number of epoxide rings is 1. The van der Waals surface area contributed by atoms with Gasteiger partial charge in [0.1, 0.15) is 0 Å². The minimum Gasteiger partial charge on any atom is -0.502 e. The van der Waals surface area contributed by atoms with E-state index in [0.29, 0.717) is 41.8 Å². The molecule has 2 aliphatic rings. The molecule has 2 aliphatic heterocycles. The quantitative estimate of drug-likeness (QED) is 0.0312. The summed E-state index contributed by atoms with van der Waals surface area (Å²) in [6.45, 7) is 9.93. The molecule has 13 rings (SSSR count). The molecule has 10 aromatic carbocycles. The number of hydrogen-bond acceptors (Lipinski definition) is 9. The van der Waals surface area contributed by atoms with E-state index in [1.165, 1.54) is 32.5 Å². The molecule has 0 spiro atoms. The normalized spacial score (nSPS) is 14.2. The highest BCUT2D eigenvalue weighted by Crippen LogP contribution is 2.42. The van der Waals surface area contributed by atoms with Gasteiger partial charge in [0, 0.05) is 89.9 Å². The molecule has 0 aliphatic carbocycles. The fourth-order valence-corrected chi connectivity index (χ4v) is 19.4. The lowest BCUT2D eigenvalue weighted by atomic mass is 9.83. The minimum atomic E-state index is -0.649. The van der Waals surface area contributed by atoms with Crippen LogP contribution < -0.4 is 10.7 Å². The van der Waals surface area contributed by atoms with Gasteiger partial charge in [0.15, 0.2) is 17.2 Å². The molecule has 0 bridgehead atoms. The Labute approximate surface area is 792 Å². The van der Waals surface area contributed by atoms with Crippen molar-refractivity contribution in [2.75, 3.05) is 30.4 Å². The number of hydrogen-bond donors (Lipinski definition) is 4. The Kier molecular flexibility index (Phi) is 37.7. The van der Waals surface area contributed by atoms with E-state index >= 15 is 0 Å². The highest BCUT2D eigenvalue weighted by Gasteiger charge is 2.41.